The Morgan fingerprint density at radius 3 is 2.46 bits per heavy atom. The number of hydrogen-bond donors (Lipinski definition) is 1. The van der Waals surface area contributed by atoms with Crippen LogP contribution in [0.5, 0.6) is 0 Å². The van der Waals surface area contributed by atoms with Crippen LogP contribution in [-0.4, -0.2) is 16.1 Å². The Bertz CT molecular complexity index is 1100. The van der Waals surface area contributed by atoms with Gasteiger partial charge in [0.15, 0.2) is 0 Å². The maximum atomic E-state index is 13.8. The molecule has 0 radical (unpaired) electrons. The monoisotopic (exact) mass is 388 g/mol. The first-order valence-corrected chi connectivity index (χ1v) is 7.62. The second-order valence-corrected chi connectivity index (χ2v) is 5.41. The maximum absolute atomic E-state index is 13.8. The minimum Gasteiger partial charge on any atom is -0.455 e. The summed E-state index contributed by atoms with van der Waals surface area (Å²) in [5.41, 5.74) is 1.43. The van der Waals surface area contributed by atoms with E-state index in [4.69, 9.17) is 4.42 Å². The van der Waals surface area contributed by atoms with Gasteiger partial charge in [0.1, 0.15) is 28.8 Å². The van der Waals surface area contributed by atoms with Crippen LogP contribution < -0.4 is 5.43 Å². The molecule has 1 heterocycles. The Labute approximate surface area is 155 Å². The van der Waals surface area contributed by atoms with Crippen molar-refractivity contribution in [3.63, 3.8) is 0 Å². The molecule has 3 aromatic rings. The van der Waals surface area contributed by atoms with Crippen molar-refractivity contribution >= 4 is 23.3 Å². The highest BCUT2D eigenvalue weighted by molar-refractivity contribution is 5.78. The number of nitro benzene ring substituents is 2. The fourth-order valence-electron chi connectivity index (χ4n) is 2.30. The molecule has 2 aromatic carbocycles. The standard InChI is InChI=1S/C17H10F2N4O5/c18-10-1-4-13(14(19)7-10)17-6-3-12(28-17)9-20-21-15-5-2-11(22(24)25)8-16(15)23(26)27/h1-9,21H/b20-9-. The molecule has 28 heavy (non-hydrogen) atoms. The number of halogens is 2. The van der Waals surface area contributed by atoms with Gasteiger partial charge in [0.05, 0.1) is 27.7 Å². The molecule has 0 bridgehead atoms. The average molecular weight is 388 g/mol. The summed E-state index contributed by atoms with van der Waals surface area (Å²) in [6, 6.07) is 9.00. The van der Waals surface area contributed by atoms with Gasteiger partial charge in [0.25, 0.3) is 5.69 Å². The second kappa shape index (κ2) is 7.61. The van der Waals surface area contributed by atoms with Gasteiger partial charge in [0.2, 0.25) is 0 Å². The van der Waals surface area contributed by atoms with Crippen molar-refractivity contribution in [1.29, 1.82) is 0 Å². The SMILES string of the molecule is O=[N+]([O-])c1ccc(N/N=C\c2ccc(-c3ccc(F)cc3F)o2)c([N+](=O)[O-])c1. The summed E-state index contributed by atoms with van der Waals surface area (Å²) in [4.78, 5) is 20.2. The van der Waals surface area contributed by atoms with Crippen molar-refractivity contribution < 1.29 is 23.0 Å². The minimum atomic E-state index is -0.794. The molecule has 1 N–H and O–H groups in total. The van der Waals surface area contributed by atoms with Gasteiger partial charge < -0.3 is 4.42 Å². The molecule has 0 amide bonds. The van der Waals surface area contributed by atoms with Crippen molar-refractivity contribution in [2.75, 3.05) is 5.43 Å². The molecule has 0 aliphatic heterocycles. The largest absolute Gasteiger partial charge is 0.455 e. The van der Waals surface area contributed by atoms with E-state index in [-0.39, 0.29) is 22.8 Å². The first-order valence-electron chi connectivity index (χ1n) is 7.62. The number of anilines is 1. The first-order chi connectivity index (χ1) is 13.3. The zero-order valence-corrected chi connectivity index (χ0v) is 13.8. The van der Waals surface area contributed by atoms with Crippen molar-refractivity contribution in [1.82, 2.24) is 0 Å². The topological polar surface area (TPSA) is 124 Å². The number of benzene rings is 2. The van der Waals surface area contributed by atoms with Crippen LogP contribution >= 0.6 is 0 Å². The van der Waals surface area contributed by atoms with Gasteiger partial charge in [-0.15, -0.1) is 0 Å². The van der Waals surface area contributed by atoms with Gasteiger partial charge in [-0.3, -0.25) is 25.7 Å². The van der Waals surface area contributed by atoms with E-state index >= 15 is 0 Å². The van der Waals surface area contributed by atoms with Crippen LogP contribution in [0.2, 0.25) is 0 Å². The van der Waals surface area contributed by atoms with E-state index in [1.807, 2.05) is 0 Å². The van der Waals surface area contributed by atoms with Gasteiger partial charge in [0, 0.05) is 12.1 Å². The molecule has 0 saturated heterocycles. The lowest BCUT2D eigenvalue weighted by atomic mass is 10.1. The van der Waals surface area contributed by atoms with Crippen LogP contribution in [0.1, 0.15) is 5.76 Å². The van der Waals surface area contributed by atoms with Crippen LogP contribution in [0.3, 0.4) is 0 Å². The summed E-state index contributed by atoms with van der Waals surface area (Å²) in [7, 11) is 0. The fraction of sp³-hybridized carbons (Fsp3) is 0. The molecule has 3 rings (SSSR count). The number of hydrogen-bond acceptors (Lipinski definition) is 7. The van der Waals surface area contributed by atoms with Crippen molar-refractivity contribution in [3.8, 4) is 11.3 Å². The highest BCUT2D eigenvalue weighted by atomic mass is 19.1. The van der Waals surface area contributed by atoms with Crippen LogP contribution in [-0.2, 0) is 0 Å². The van der Waals surface area contributed by atoms with Crippen LogP contribution in [0.15, 0.2) is 58.0 Å². The predicted molar refractivity (Wildman–Crippen MR) is 95.0 cm³/mol. The number of rotatable bonds is 6. The maximum Gasteiger partial charge on any atom is 0.301 e. The Morgan fingerprint density at radius 2 is 1.79 bits per heavy atom. The molecular weight excluding hydrogens is 378 g/mol. The third-order valence-electron chi connectivity index (χ3n) is 3.59. The van der Waals surface area contributed by atoms with Crippen LogP contribution in [0.4, 0.5) is 25.8 Å². The molecule has 9 nitrogen and oxygen atoms in total. The average Bonchev–Trinajstić information content (AvgIpc) is 3.10. The lowest BCUT2D eigenvalue weighted by Gasteiger charge is -2.01. The summed E-state index contributed by atoms with van der Waals surface area (Å²) in [6.45, 7) is 0. The summed E-state index contributed by atoms with van der Waals surface area (Å²) < 4.78 is 32.1. The number of hydrazone groups is 1. The molecule has 0 saturated carbocycles. The first kappa shape index (κ1) is 18.6. The molecule has 0 fully saturated rings. The Hall–Kier alpha value is -4.15. The van der Waals surface area contributed by atoms with Crippen LogP contribution in [0.25, 0.3) is 11.3 Å². The van der Waals surface area contributed by atoms with Gasteiger partial charge in [-0.2, -0.15) is 5.10 Å². The minimum absolute atomic E-state index is 0.0556. The van der Waals surface area contributed by atoms with Gasteiger partial charge >= 0.3 is 5.69 Å². The van der Waals surface area contributed by atoms with E-state index in [0.717, 1.165) is 30.3 Å². The zero-order chi connectivity index (χ0) is 20.3. The van der Waals surface area contributed by atoms with E-state index in [9.17, 15) is 29.0 Å². The van der Waals surface area contributed by atoms with Crippen molar-refractivity contribution in [2.24, 2.45) is 5.10 Å². The summed E-state index contributed by atoms with van der Waals surface area (Å²) in [5.74, 6) is -1.18. The zero-order valence-electron chi connectivity index (χ0n) is 13.8. The number of nitrogens with one attached hydrogen (secondary N) is 1. The molecule has 0 aliphatic carbocycles. The fourth-order valence-corrected chi connectivity index (χ4v) is 2.30. The molecule has 142 valence electrons. The van der Waals surface area contributed by atoms with Crippen LogP contribution in [0, 0.1) is 31.9 Å². The molecular formula is C17H10F2N4O5. The Balaban J connectivity index is 1.78. The van der Waals surface area contributed by atoms with Gasteiger partial charge in [-0.25, -0.2) is 8.78 Å². The molecule has 0 spiro atoms. The normalized spacial score (nSPS) is 10.9. The molecule has 0 aliphatic rings. The second-order valence-electron chi connectivity index (χ2n) is 5.41. The van der Waals surface area contributed by atoms with Crippen molar-refractivity contribution in [3.05, 3.63) is 86.2 Å². The molecule has 11 heteroatoms. The lowest BCUT2D eigenvalue weighted by Crippen LogP contribution is -1.98. The smallest absolute Gasteiger partial charge is 0.301 e. The highest BCUT2D eigenvalue weighted by Crippen LogP contribution is 2.29. The quantitative estimate of drug-likeness (QED) is 0.377. The molecule has 0 atom stereocenters. The summed E-state index contributed by atoms with van der Waals surface area (Å²) in [6.07, 6.45) is 1.18. The van der Waals surface area contributed by atoms with E-state index < -0.39 is 32.9 Å². The number of non-ortho nitro benzene ring substituents is 1. The summed E-state index contributed by atoms with van der Waals surface area (Å²) >= 11 is 0. The third kappa shape index (κ3) is 3.98. The third-order valence-corrected chi connectivity index (χ3v) is 3.59. The lowest BCUT2D eigenvalue weighted by molar-refractivity contribution is -0.393. The number of furan rings is 1. The number of nitro groups is 2. The summed E-state index contributed by atoms with van der Waals surface area (Å²) in [5, 5.41) is 25.6. The molecule has 0 unspecified atom stereocenters. The molecule has 1 aromatic heterocycles. The van der Waals surface area contributed by atoms with E-state index in [0.29, 0.717) is 0 Å². The van der Waals surface area contributed by atoms with E-state index in [2.05, 4.69) is 10.5 Å². The van der Waals surface area contributed by atoms with E-state index in [1.54, 1.807) is 0 Å². The Morgan fingerprint density at radius 1 is 1.00 bits per heavy atom. The van der Waals surface area contributed by atoms with E-state index in [1.165, 1.54) is 24.4 Å². The van der Waals surface area contributed by atoms with Gasteiger partial charge in [-0.1, -0.05) is 0 Å². The van der Waals surface area contributed by atoms with Crippen molar-refractivity contribution in [2.45, 2.75) is 0 Å². The Kier molecular flexibility index (Phi) is 5.07. The highest BCUT2D eigenvalue weighted by Gasteiger charge is 2.19. The number of nitrogens with zero attached hydrogens (tertiary/aromatic N) is 3. The predicted octanol–water partition coefficient (Wildman–Crippen LogP) is 4.49. The van der Waals surface area contributed by atoms with Gasteiger partial charge in [-0.05, 0) is 30.3 Å².